The molecule has 0 aliphatic rings. The topological polar surface area (TPSA) is 39.8 Å². The normalized spacial score (nSPS) is 10.9. The van der Waals surface area contributed by atoms with Crippen LogP contribution in [0.5, 0.6) is 0 Å². The molecule has 0 fully saturated rings. The van der Waals surface area contributed by atoms with Crippen LogP contribution >= 0.6 is 0 Å². The number of para-hydroxylation sites is 1. The molecular weight excluding hydrogens is 188 g/mol. The second kappa shape index (κ2) is 2.92. The van der Waals surface area contributed by atoms with E-state index in [1.807, 2.05) is 30.3 Å². The molecule has 0 amide bonds. The third-order valence-electron chi connectivity index (χ3n) is 2.52. The molecule has 0 atom stereocenters. The summed E-state index contributed by atoms with van der Waals surface area (Å²) >= 11 is 0. The first-order valence-electron chi connectivity index (χ1n) is 4.72. The van der Waals surface area contributed by atoms with E-state index in [4.69, 9.17) is 0 Å². The molecule has 0 unspecified atom stereocenters. The number of benzene rings is 1. The largest absolute Gasteiger partial charge is 0.618 e. The summed E-state index contributed by atoms with van der Waals surface area (Å²) in [6, 6.07) is 11.5. The van der Waals surface area contributed by atoms with Gasteiger partial charge in [0.1, 0.15) is 6.20 Å². The molecule has 3 heteroatoms. The summed E-state index contributed by atoms with van der Waals surface area (Å²) in [6.45, 7) is 0. The molecule has 0 saturated heterocycles. The summed E-state index contributed by atoms with van der Waals surface area (Å²) in [5.41, 5.74) is 1.52. The molecule has 3 nitrogen and oxygen atoms in total. The van der Waals surface area contributed by atoms with Gasteiger partial charge < -0.3 is 5.21 Å². The summed E-state index contributed by atoms with van der Waals surface area (Å²) in [4.78, 5) is 4.25. The molecule has 0 N–H and O–H groups in total. The Kier molecular flexibility index (Phi) is 1.59. The molecule has 3 aromatic rings. The minimum Gasteiger partial charge on any atom is -0.618 e. The fraction of sp³-hybridized carbons (Fsp3) is 0. The Balaban J connectivity index is 2.60. The van der Waals surface area contributed by atoms with E-state index in [-0.39, 0.29) is 0 Å². The molecule has 0 radical (unpaired) electrons. The molecule has 0 aliphatic heterocycles. The maximum atomic E-state index is 11.5. The lowest BCUT2D eigenvalue weighted by Crippen LogP contribution is -2.25. The van der Waals surface area contributed by atoms with Crippen LogP contribution in [0.15, 0.2) is 48.8 Å². The van der Waals surface area contributed by atoms with Gasteiger partial charge in [0.05, 0.1) is 10.9 Å². The first-order valence-corrected chi connectivity index (χ1v) is 4.72. The van der Waals surface area contributed by atoms with Gasteiger partial charge in [0.2, 0.25) is 5.52 Å². The van der Waals surface area contributed by atoms with Crippen LogP contribution in [0, 0.1) is 5.21 Å². The zero-order chi connectivity index (χ0) is 10.3. The van der Waals surface area contributed by atoms with Crippen molar-refractivity contribution in [2.24, 2.45) is 0 Å². The van der Waals surface area contributed by atoms with Gasteiger partial charge in [-0.2, -0.15) is 4.73 Å². The van der Waals surface area contributed by atoms with E-state index in [2.05, 4.69) is 4.98 Å². The van der Waals surface area contributed by atoms with Crippen LogP contribution in [0.1, 0.15) is 0 Å². The van der Waals surface area contributed by atoms with Gasteiger partial charge in [-0.05, 0) is 12.1 Å². The van der Waals surface area contributed by atoms with Crippen LogP contribution in [0.2, 0.25) is 0 Å². The molecule has 3 rings (SSSR count). The highest BCUT2D eigenvalue weighted by molar-refractivity contribution is 6.02. The minimum absolute atomic E-state index is 0.608. The van der Waals surface area contributed by atoms with Crippen molar-refractivity contribution in [2.45, 2.75) is 0 Å². The quantitative estimate of drug-likeness (QED) is 0.313. The smallest absolute Gasteiger partial charge is 0.242 e. The predicted molar refractivity (Wildman–Crippen MR) is 58.2 cm³/mol. The molecular formula is C12H8N2O. The lowest BCUT2D eigenvalue weighted by Gasteiger charge is -2.03. The number of hydrogen-bond acceptors (Lipinski definition) is 2. The molecule has 2 aromatic heterocycles. The number of pyridine rings is 2. The van der Waals surface area contributed by atoms with Crippen molar-refractivity contribution in [1.82, 2.24) is 4.98 Å². The third-order valence-corrected chi connectivity index (χ3v) is 2.52. The Labute approximate surface area is 86.2 Å². The molecule has 15 heavy (non-hydrogen) atoms. The summed E-state index contributed by atoms with van der Waals surface area (Å²) in [5.74, 6) is 0. The van der Waals surface area contributed by atoms with E-state index >= 15 is 0 Å². The highest BCUT2D eigenvalue weighted by Gasteiger charge is 2.06. The SMILES string of the molecule is [O-][n+]1cccc2c3ccccc3ncc21. The number of aromatic nitrogens is 2. The van der Waals surface area contributed by atoms with Crippen molar-refractivity contribution >= 4 is 21.8 Å². The van der Waals surface area contributed by atoms with Crippen LogP contribution < -0.4 is 4.73 Å². The fourth-order valence-electron chi connectivity index (χ4n) is 1.80. The maximum Gasteiger partial charge on any atom is 0.242 e. The van der Waals surface area contributed by atoms with Gasteiger partial charge in [-0.1, -0.05) is 18.2 Å². The Morgan fingerprint density at radius 1 is 1.00 bits per heavy atom. The highest BCUT2D eigenvalue weighted by Crippen LogP contribution is 2.20. The Hall–Kier alpha value is -2.16. The van der Waals surface area contributed by atoms with Crippen molar-refractivity contribution in [2.75, 3.05) is 0 Å². The van der Waals surface area contributed by atoms with E-state index in [9.17, 15) is 5.21 Å². The molecule has 0 aliphatic carbocycles. The number of hydrogen-bond donors (Lipinski definition) is 0. The standard InChI is InChI=1S/C12H8N2O/c15-14-7-3-5-10-9-4-1-2-6-11(9)13-8-12(10)14/h1-8H. The average Bonchev–Trinajstić information content (AvgIpc) is 2.29. The number of fused-ring (bicyclic) bond motifs is 3. The summed E-state index contributed by atoms with van der Waals surface area (Å²) < 4.78 is 0.842. The molecule has 2 heterocycles. The van der Waals surface area contributed by atoms with E-state index in [0.717, 1.165) is 21.0 Å². The zero-order valence-electron chi connectivity index (χ0n) is 7.92. The summed E-state index contributed by atoms with van der Waals surface area (Å²) in [5, 5.41) is 13.5. The van der Waals surface area contributed by atoms with Gasteiger partial charge in [-0.25, -0.2) is 4.98 Å². The van der Waals surface area contributed by atoms with Gasteiger partial charge in [0, 0.05) is 11.5 Å². The van der Waals surface area contributed by atoms with Crippen molar-refractivity contribution < 1.29 is 4.73 Å². The van der Waals surface area contributed by atoms with E-state index in [0.29, 0.717) is 5.52 Å². The van der Waals surface area contributed by atoms with Gasteiger partial charge in [-0.3, -0.25) is 0 Å². The maximum absolute atomic E-state index is 11.5. The van der Waals surface area contributed by atoms with Crippen LogP contribution in [-0.4, -0.2) is 4.98 Å². The summed E-state index contributed by atoms with van der Waals surface area (Å²) in [6.07, 6.45) is 3.10. The Morgan fingerprint density at radius 2 is 1.80 bits per heavy atom. The second-order valence-electron chi connectivity index (χ2n) is 3.41. The van der Waals surface area contributed by atoms with Crippen molar-refractivity contribution in [1.29, 1.82) is 0 Å². The Morgan fingerprint density at radius 3 is 2.73 bits per heavy atom. The molecule has 0 bridgehead atoms. The molecule has 0 spiro atoms. The van der Waals surface area contributed by atoms with Crippen molar-refractivity contribution in [3.05, 3.63) is 54.0 Å². The van der Waals surface area contributed by atoms with Gasteiger partial charge >= 0.3 is 0 Å². The monoisotopic (exact) mass is 196 g/mol. The van der Waals surface area contributed by atoms with Crippen LogP contribution in [0.3, 0.4) is 0 Å². The van der Waals surface area contributed by atoms with Crippen LogP contribution in [0.25, 0.3) is 21.8 Å². The molecule has 72 valence electrons. The van der Waals surface area contributed by atoms with Gasteiger partial charge in [0.15, 0.2) is 6.20 Å². The first-order chi connectivity index (χ1) is 7.36. The zero-order valence-corrected chi connectivity index (χ0v) is 7.92. The van der Waals surface area contributed by atoms with Gasteiger partial charge in [-0.15, -0.1) is 0 Å². The lowest BCUT2D eigenvalue weighted by molar-refractivity contribution is -0.577. The number of rotatable bonds is 0. The number of nitrogens with zero attached hydrogens (tertiary/aromatic N) is 2. The van der Waals surface area contributed by atoms with Crippen molar-refractivity contribution in [3.8, 4) is 0 Å². The summed E-state index contributed by atoms with van der Waals surface area (Å²) in [7, 11) is 0. The van der Waals surface area contributed by atoms with Crippen LogP contribution in [-0.2, 0) is 0 Å². The average molecular weight is 196 g/mol. The first kappa shape index (κ1) is 8.17. The molecule has 1 aromatic carbocycles. The highest BCUT2D eigenvalue weighted by atomic mass is 16.5. The molecule has 0 saturated carbocycles. The van der Waals surface area contributed by atoms with E-state index in [1.165, 1.54) is 6.20 Å². The third kappa shape index (κ3) is 1.13. The lowest BCUT2D eigenvalue weighted by atomic mass is 10.1. The second-order valence-corrected chi connectivity index (χ2v) is 3.41. The van der Waals surface area contributed by atoms with Crippen molar-refractivity contribution in [3.63, 3.8) is 0 Å². The van der Waals surface area contributed by atoms with Gasteiger partial charge in [0.25, 0.3) is 0 Å². The minimum atomic E-state index is 0.608. The van der Waals surface area contributed by atoms with Crippen LogP contribution in [0.4, 0.5) is 0 Å². The fourth-order valence-corrected chi connectivity index (χ4v) is 1.80. The van der Waals surface area contributed by atoms with E-state index in [1.54, 1.807) is 12.3 Å². The van der Waals surface area contributed by atoms with E-state index < -0.39 is 0 Å². The Bertz CT molecular complexity index is 649. The predicted octanol–water partition coefficient (Wildman–Crippen LogP) is 2.02.